The molecule has 0 bridgehead atoms. The third-order valence-corrected chi connectivity index (χ3v) is 5.30. The van der Waals surface area contributed by atoms with E-state index in [1.54, 1.807) is 0 Å². The molecule has 0 saturated carbocycles. The number of aryl methyl sites for hydroxylation is 2. The van der Waals surface area contributed by atoms with Crippen molar-refractivity contribution in [1.29, 1.82) is 0 Å². The van der Waals surface area contributed by atoms with E-state index in [1.807, 2.05) is 38.1 Å². The Bertz CT molecular complexity index is 603. The van der Waals surface area contributed by atoms with Crippen LogP contribution in [0.15, 0.2) is 24.3 Å². The standard InChI is InChI=1S/C16H19Cl2NOS/c1-4-12(19)16(13-5-6-14(17)21-13)20-11-7-9(2)15(18)10(3)8-11/h5-8,12,16H,4,19H2,1-3H3. The van der Waals surface area contributed by atoms with Crippen molar-refractivity contribution < 1.29 is 4.74 Å². The van der Waals surface area contributed by atoms with Gasteiger partial charge in [0.25, 0.3) is 0 Å². The van der Waals surface area contributed by atoms with Crippen molar-refractivity contribution in [2.45, 2.75) is 39.3 Å². The van der Waals surface area contributed by atoms with Crippen LogP contribution in [0.5, 0.6) is 5.75 Å². The molecule has 0 saturated heterocycles. The molecule has 0 spiro atoms. The first-order valence-electron chi connectivity index (χ1n) is 6.86. The number of nitrogens with two attached hydrogens (primary N) is 1. The second-order valence-electron chi connectivity index (χ2n) is 5.12. The summed E-state index contributed by atoms with van der Waals surface area (Å²) in [5.41, 5.74) is 8.22. The van der Waals surface area contributed by atoms with Gasteiger partial charge in [-0.1, -0.05) is 30.1 Å². The highest BCUT2D eigenvalue weighted by Gasteiger charge is 2.23. The van der Waals surface area contributed by atoms with Gasteiger partial charge in [-0.3, -0.25) is 0 Å². The molecule has 2 atom stereocenters. The second-order valence-corrected chi connectivity index (χ2v) is 7.25. The number of rotatable bonds is 5. The van der Waals surface area contributed by atoms with E-state index in [1.165, 1.54) is 11.3 Å². The Hall–Kier alpha value is -0.740. The Kier molecular flexibility index (Phi) is 5.55. The summed E-state index contributed by atoms with van der Waals surface area (Å²) in [5.74, 6) is 0.785. The first kappa shape index (κ1) is 16.6. The van der Waals surface area contributed by atoms with Gasteiger partial charge in [0.1, 0.15) is 11.9 Å². The van der Waals surface area contributed by atoms with Crippen LogP contribution in [0.1, 0.15) is 35.5 Å². The summed E-state index contributed by atoms with van der Waals surface area (Å²) in [6.07, 6.45) is 0.624. The maximum absolute atomic E-state index is 6.22. The lowest BCUT2D eigenvalue weighted by molar-refractivity contribution is 0.174. The molecular weight excluding hydrogens is 325 g/mol. The van der Waals surface area contributed by atoms with Gasteiger partial charge in [-0.15, -0.1) is 11.3 Å². The third-order valence-electron chi connectivity index (χ3n) is 3.41. The third kappa shape index (κ3) is 3.92. The van der Waals surface area contributed by atoms with Crippen LogP contribution in [0.3, 0.4) is 0 Å². The molecule has 0 fully saturated rings. The Labute approximate surface area is 139 Å². The molecule has 2 aromatic rings. The molecule has 0 aliphatic carbocycles. The monoisotopic (exact) mass is 343 g/mol. The summed E-state index contributed by atoms with van der Waals surface area (Å²) in [7, 11) is 0. The largest absolute Gasteiger partial charge is 0.483 e. The van der Waals surface area contributed by atoms with Gasteiger partial charge in [-0.2, -0.15) is 0 Å². The lowest BCUT2D eigenvalue weighted by atomic mass is 10.1. The predicted octanol–water partition coefficient (Wildman–Crippen LogP) is 5.53. The van der Waals surface area contributed by atoms with Crippen molar-refractivity contribution in [3.63, 3.8) is 0 Å². The van der Waals surface area contributed by atoms with Crippen molar-refractivity contribution in [3.05, 3.63) is 49.6 Å². The van der Waals surface area contributed by atoms with Crippen LogP contribution in [0.4, 0.5) is 0 Å². The lowest BCUT2D eigenvalue weighted by Crippen LogP contribution is -2.30. The van der Waals surface area contributed by atoms with Gasteiger partial charge in [0, 0.05) is 15.9 Å². The molecule has 1 aromatic carbocycles. The zero-order chi connectivity index (χ0) is 15.6. The van der Waals surface area contributed by atoms with Gasteiger partial charge in [-0.05, 0) is 55.7 Å². The Morgan fingerprint density at radius 2 is 1.81 bits per heavy atom. The van der Waals surface area contributed by atoms with E-state index in [2.05, 4.69) is 6.92 Å². The van der Waals surface area contributed by atoms with E-state index in [0.29, 0.717) is 0 Å². The first-order valence-corrected chi connectivity index (χ1v) is 8.43. The smallest absolute Gasteiger partial charge is 0.148 e. The summed E-state index contributed by atoms with van der Waals surface area (Å²) < 4.78 is 6.89. The summed E-state index contributed by atoms with van der Waals surface area (Å²) in [4.78, 5) is 1.04. The molecule has 0 aliphatic heterocycles. The molecule has 2 nitrogen and oxygen atoms in total. The molecule has 0 aliphatic rings. The van der Waals surface area contributed by atoms with E-state index < -0.39 is 0 Å². The van der Waals surface area contributed by atoms with E-state index >= 15 is 0 Å². The fourth-order valence-corrected chi connectivity index (χ4v) is 3.45. The van der Waals surface area contributed by atoms with Crippen LogP contribution in [0, 0.1) is 13.8 Å². The van der Waals surface area contributed by atoms with Crippen molar-refractivity contribution in [2.24, 2.45) is 5.73 Å². The van der Waals surface area contributed by atoms with E-state index in [4.69, 9.17) is 33.7 Å². The number of hydrogen-bond donors (Lipinski definition) is 1. The Morgan fingerprint density at radius 1 is 1.19 bits per heavy atom. The number of thiophene rings is 1. The van der Waals surface area contributed by atoms with Crippen molar-refractivity contribution in [2.75, 3.05) is 0 Å². The van der Waals surface area contributed by atoms with Gasteiger partial charge in [-0.25, -0.2) is 0 Å². The average molecular weight is 344 g/mol. The van der Waals surface area contributed by atoms with Crippen molar-refractivity contribution in [1.82, 2.24) is 0 Å². The maximum Gasteiger partial charge on any atom is 0.148 e. The quantitative estimate of drug-likeness (QED) is 0.774. The minimum absolute atomic E-state index is 0.0870. The lowest BCUT2D eigenvalue weighted by Gasteiger charge is -2.24. The van der Waals surface area contributed by atoms with Crippen LogP contribution in [0.25, 0.3) is 0 Å². The van der Waals surface area contributed by atoms with Crippen LogP contribution in [-0.4, -0.2) is 6.04 Å². The van der Waals surface area contributed by atoms with E-state index in [-0.39, 0.29) is 12.1 Å². The molecule has 2 unspecified atom stereocenters. The first-order chi connectivity index (χ1) is 9.92. The van der Waals surface area contributed by atoms with E-state index in [9.17, 15) is 0 Å². The molecule has 114 valence electrons. The molecular formula is C16H19Cl2NOS. The van der Waals surface area contributed by atoms with Crippen LogP contribution in [-0.2, 0) is 0 Å². The molecule has 1 heterocycles. The Balaban J connectivity index is 2.31. The molecule has 21 heavy (non-hydrogen) atoms. The van der Waals surface area contributed by atoms with Gasteiger partial charge in [0.15, 0.2) is 0 Å². The molecule has 0 radical (unpaired) electrons. The Morgan fingerprint density at radius 3 is 2.29 bits per heavy atom. The highest BCUT2D eigenvalue weighted by Crippen LogP contribution is 2.34. The SMILES string of the molecule is CCC(N)C(Oc1cc(C)c(Cl)c(C)c1)c1ccc(Cl)s1. The van der Waals surface area contributed by atoms with Gasteiger partial charge in [0.05, 0.1) is 4.34 Å². The van der Waals surface area contributed by atoms with Crippen molar-refractivity contribution >= 4 is 34.5 Å². The molecule has 2 N–H and O–H groups in total. The topological polar surface area (TPSA) is 35.2 Å². The fraction of sp³-hybridized carbons (Fsp3) is 0.375. The zero-order valence-electron chi connectivity index (χ0n) is 12.3. The molecule has 0 amide bonds. The number of halogens is 2. The summed E-state index contributed by atoms with van der Waals surface area (Å²) in [6.45, 7) is 5.99. The average Bonchev–Trinajstić information content (AvgIpc) is 2.87. The summed E-state index contributed by atoms with van der Waals surface area (Å²) >= 11 is 13.7. The molecule has 2 rings (SSSR count). The molecule has 1 aromatic heterocycles. The summed E-state index contributed by atoms with van der Waals surface area (Å²) in [5, 5.41) is 0.776. The second kappa shape index (κ2) is 7.01. The normalized spacial score (nSPS) is 14.0. The number of benzene rings is 1. The van der Waals surface area contributed by atoms with Gasteiger partial charge >= 0.3 is 0 Å². The van der Waals surface area contributed by atoms with Crippen LogP contribution >= 0.6 is 34.5 Å². The van der Waals surface area contributed by atoms with Gasteiger partial charge in [0.2, 0.25) is 0 Å². The minimum Gasteiger partial charge on any atom is -0.483 e. The zero-order valence-corrected chi connectivity index (χ0v) is 14.6. The van der Waals surface area contributed by atoms with Gasteiger partial charge < -0.3 is 10.5 Å². The van der Waals surface area contributed by atoms with Crippen LogP contribution < -0.4 is 10.5 Å². The maximum atomic E-state index is 6.22. The number of hydrogen-bond acceptors (Lipinski definition) is 3. The molecule has 5 heteroatoms. The van der Waals surface area contributed by atoms with Crippen molar-refractivity contribution in [3.8, 4) is 5.75 Å². The predicted molar refractivity (Wildman–Crippen MR) is 91.9 cm³/mol. The minimum atomic E-state index is -0.201. The summed E-state index contributed by atoms with van der Waals surface area (Å²) in [6, 6.07) is 7.65. The number of ether oxygens (including phenoxy) is 1. The highest BCUT2D eigenvalue weighted by molar-refractivity contribution is 7.16. The van der Waals surface area contributed by atoms with E-state index in [0.717, 1.165) is 37.5 Å². The fourth-order valence-electron chi connectivity index (χ4n) is 2.17. The highest BCUT2D eigenvalue weighted by atomic mass is 35.5. The van der Waals surface area contributed by atoms with Crippen LogP contribution in [0.2, 0.25) is 9.36 Å².